The van der Waals surface area contributed by atoms with Crippen molar-refractivity contribution in [1.29, 1.82) is 0 Å². The van der Waals surface area contributed by atoms with E-state index in [1.54, 1.807) is 0 Å². The molecule has 0 unspecified atom stereocenters. The molecule has 0 aliphatic rings. The van der Waals surface area contributed by atoms with Gasteiger partial charge in [0.05, 0.1) is 0 Å². The van der Waals surface area contributed by atoms with Gasteiger partial charge in [-0.15, -0.1) is 0 Å². The van der Waals surface area contributed by atoms with E-state index in [9.17, 15) is 0 Å². The molecule has 0 fully saturated rings. The third-order valence-corrected chi connectivity index (χ3v) is 14.6. The molecule has 0 heterocycles. The van der Waals surface area contributed by atoms with Crippen LogP contribution in [-0.4, -0.2) is 13.6 Å². The number of rotatable bonds is 5. The van der Waals surface area contributed by atoms with Gasteiger partial charge in [0, 0.05) is 0 Å². The van der Waals surface area contributed by atoms with Crippen LogP contribution in [0.4, 0.5) is 0 Å². The Morgan fingerprint density at radius 1 is 0.500 bits per heavy atom. The molecule has 0 aliphatic carbocycles. The van der Waals surface area contributed by atoms with E-state index in [-0.39, 0.29) is 17.0 Å². The molecule has 4 aromatic carbocycles. The molecular formula is C25H21AsBr2. The smallest absolute Gasteiger partial charge is 1.00 e. The normalized spacial score (nSPS) is 10.9. The van der Waals surface area contributed by atoms with Gasteiger partial charge in [-0.2, -0.15) is 0 Å². The molecule has 0 amide bonds. The summed E-state index contributed by atoms with van der Waals surface area (Å²) in [6.07, 6.45) is 0. The third-order valence-electron chi connectivity index (χ3n) is 4.92. The van der Waals surface area contributed by atoms with E-state index >= 15 is 0 Å². The maximum Gasteiger partial charge on any atom is -1.00 e. The van der Waals surface area contributed by atoms with Gasteiger partial charge in [-0.05, 0) is 0 Å². The van der Waals surface area contributed by atoms with Crippen molar-refractivity contribution in [3.63, 3.8) is 0 Å². The Kier molecular flexibility index (Phi) is 7.35. The second-order valence-corrected chi connectivity index (χ2v) is 14.8. The molecule has 0 bridgehead atoms. The fourth-order valence-corrected chi connectivity index (χ4v) is 12.8. The molecule has 0 aromatic heterocycles. The molecule has 0 nitrogen and oxygen atoms in total. The Morgan fingerprint density at radius 3 is 1.21 bits per heavy atom. The first-order chi connectivity index (χ1) is 13.3. The first-order valence-electron chi connectivity index (χ1n) is 9.08. The molecule has 0 N–H and O–H groups in total. The van der Waals surface area contributed by atoms with Crippen LogP contribution in [0.25, 0.3) is 0 Å². The summed E-state index contributed by atoms with van der Waals surface area (Å²) in [5, 5.41) is 1.07. The van der Waals surface area contributed by atoms with Crippen molar-refractivity contribution in [3.05, 3.63) is 125 Å². The van der Waals surface area contributed by atoms with Crippen LogP contribution in [0.15, 0.2) is 120 Å². The molecule has 28 heavy (non-hydrogen) atoms. The van der Waals surface area contributed by atoms with Crippen molar-refractivity contribution in [2.75, 3.05) is 0 Å². The molecule has 0 saturated heterocycles. The SMILES string of the molecule is Brc1ccc(C[As+](c2ccccc2)(c2ccccc2)c2ccccc2)cc1.[Br-]. The summed E-state index contributed by atoms with van der Waals surface area (Å²) in [6.45, 7) is 0. The predicted octanol–water partition coefficient (Wildman–Crippen LogP) is 1.71. The largest absolute Gasteiger partial charge is 1.00 e. The molecule has 0 spiro atoms. The van der Waals surface area contributed by atoms with Crippen LogP contribution < -0.4 is 30.0 Å². The Bertz CT molecular complexity index is 888. The monoisotopic (exact) mass is 554 g/mol. The Hall–Kier alpha value is -1.60. The molecule has 140 valence electrons. The zero-order chi connectivity index (χ0) is 18.5. The average Bonchev–Trinajstić information content (AvgIpc) is 2.75. The van der Waals surface area contributed by atoms with Gasteiger partial charge < -0.3 is 17.0 Å². The molecule has 0 radical (unpaired) electrons. The van der Waals surface area contributed by atoms with E-state index in [0.29, 0.717) is 0 Å². The van der Waals surface area contributed by atoms with Gasteiger partial charge in [0.25, 0.3) is 0 Å². The van der Waals surface area contributed by atoms with Crippen LogP contribution in [0.1, 0.15) is 5.56 Å². The average molecular weight is 556 g/mol. The Balaban J connectivity index is 0.00000225. The minimum absolute atomic E-state index is 0. The molecule has 3 heteroatoms. The summed E-state index contributed by atoms with van der Waals surface area (Å²) < 4.78 is 5.57. The van der Waals surface area contributed by atoms with Crippen molar-refractivity contribution in [2.24, 2.45) is 0 Å². The van der Waals surface area contributed by atoms with Gasteiger partial charge >= 0.3 is 173 Å². The molecule has 0 aliphatic heterocycles. The van der Waals surface area contributed by atoms with E-state index in [1.807, 2.05) is 0 Å². The standard InChI is InChI=1S/C25H21AsBr.BrH/c27-25-18-16-21(17-19-25)20-26(22-10-4-1-5-11-22,23-12-6-2-7-13-23)24-14-8-3-9-15-24;/h1-19H,20H2;1H/q+1;/p-1. The van der Waals surface area contributed by atoms with E-state index < -0.39 is 13.6 Å². The summed E-state index contributed by atoms with van der Waals surface area (Å²) in [4.78, 5) is 0. The van der Waals surface area contributed by atoms with Crippen molar-refractivity contribution in [1.82, 2.24) is 0 Å². The van der Waals surface area contributed by atoms with E-state index in [1.165, 1.54) is 18.6 Å². The number of hydrogen-bond donors (Lipinski definition) is 0. The van der Waals surface area contributed by atoms with E-state index in [2.05, 4.69) is 131 Å². The van der Waals surface area contributed by atoms with Crippen LogP contribution in [0, 0.1) is 0 Å². The minimum atomic E-state index is -2.66. The predicted molar refractivity (Wildman–Crippen MR) is 122 cm³/mol. The number of benzene rings is 4. The van der Waals surface area contributed by atoms with Crippen LogP contribution in [0.2, 0.25) is 0 Å². The number of hydrogen-bond acceptors (Lipinski definition) is 0. The molecule has 4 rings (SSSR count). The minimum Gasteiger partial charge on any atom is -1.00 e. The molecule has 0 atom stereocenters. The molecule has 4 aromatic rings. The summed E-state index contributed by atoms with van der Waals surface area (Å²) in [6, 6.07) is 42.2. The van der Waals surface area contributed by atoms with Gasteiger partial charge in [-0.1, -0.05) is 0 Å². The zero-order valence-electron chi connectivity index (χ0n) is 15.4. The summed E-state index contributed by atoms with van der Waals surface area (Å²) in [5.74, 6) is 0. The zero-order valence-corrected chi connectivity index (χ0v) is 20.4. The van der Waals surface area contributed by atoms with Gasteiger partial charge in [-0.3, -0.25) is 0 Å². The molecule has 0 saturated carbocycles. The van der Waals surface area contributed by atoms with Gasteiger partial charge in [0.1, 0.15) is 0 Å². The molecular weight excluding hydrogens is 535 g/mol. The maximum absolute atomic E-state index is 3.57. The van der Waals surface area contributed by atoms with Crippen molar-refractivity contribution >= 4 is 42.5 Å². The van der Waals surface area contributed by atoms with Crippen molar-refractivity contribution < 1.29 is 17.0 Å². The van der Waals surface area contributed by atoms with Gasteiger partial charge in [-0.25, -0.2) is 0 Å². The Morgan fingerprint density at radius 2 is 0.857 bits per heavy atom. The van der Waals surface area contributed by atoms with Crippen LogP contribution >= 0.6 is 15.9 Å². The topological polar surface area (TPSA) is 0 Å². The second kappa shape index (κ2) is 9.74. The quantitative estimate of drug-likeness (QED) is 0.329. The van der Waals surface area contributed by atoms with Crippen molar-refractivity contribution in [2.45, 2.75) is 5.21 Å². The first-order valence-corrected chi connectivity index (χ1v) is 14.0. The van der Waals surface area contributed by atoms with Crippen LogP contribution in [-0.2, 0) is 5.21 Å². The number of halogens is 2. The van der Waals surface area contributed by atoms with Crippen LogP contribution in [0.3, 0.4) is 0 Å². The van der Waals surface area contributed by atoms with E-state index in [0.717, 1.165) is 9.68 Å². The third kappa shape index (κ3) is 4.35. The summed E-state index contributed by atoms with van der Waals surface area (Å²) in [7, 11) is 0. The Labute approximate surface area is 189 Å². The first kappa shape index (κ1) is 21.1. The van der Waals surface area contributed by atoms with Gasteiger partial charge in [0.15, 0.2) is 0 Å². The van der Waals surface area contributed by atoms with Crippen molar-refractivity contribution in [3.8, 4) is 0 Å². The fourth-order valence-electron chi connectivity index (χ4n) is 3.63. The van der Waals surface area contributed by atoms with Gasteiger partial charge in [0.2, 0.25) is 0 Å². The van der Waals surface area contributed by atoms with E-state index in [4.69, 9.17) is 0 Å². The van der Waals surface area contributed by atoms with Crippen LogP contribution in [0.5, 0.6) is 0 Å². The summed E-state index contributed by atoms with van der Waals surface area (Å²) in [5.41, 5.74) is 1.39. The maximum atomic E-state index is 3.57. The second-order valence-electron chi connectivity index (χ2n) is 6.60. The fraction of sp³-hybridized carbons (Fsp3) is 0.0400. The summed E-state index contributed by atoms with van der Waals surface area (Å²) >= 11 is 0.911.